The average Bonchev–Trinajstić information content (AvgIpc) is 3.21. The van der Waals surface area contributed by atoms with Crippen LogP contribution >= 0.6 is 0 Å². The van der Waals surface area contributed by atoms with E-state index in [1.807, 2.05) is 37.3 Å². The Morgan fingerprint density at radius 3 is 2.65 bits per heavy atom. The first-order chi connectivity index (χ1) is 15.0. The van der Waals surface area contributed by atoms with Crippen molar-refractivity contribution in [1.82, 2.24) is 20.4 Å². The molecular formula is C23H18F2N4O2. The second-order valence-electron chi connectivity index (χ2n) is 7.00. The number of hydrogen-bond donors (Lipinski definition) is 1. The van der Waals surface area contributed by atoms with Crippen molar-refractivity contribution >= 4 is 5.91 Å². The molecule has 2 aromatic heterocycles. The first-order valence-electron chi connectivity index (χ1n) is 9.53. The number of benzene rings is 2. The molecule has 0 bridgehead atoms. The van der Waals surface area contributed by atoms with Gasteiger partial charge in [0, 0.05) is 29.9 Å². The first-order valence-corrected chi connectivity index (χ1v) is 9.53. The summed E-state index contributed by atoms with van der Waals surface area (Å²) in [7, 11) is 0. The third-order valence-electron chi connectivity index (χ3n) is 4.68. The third-order valence-corrected chi connectivity index (χ3v) is 4.68. The molecule has 0 saturated heterocycles. The van der Waals surface area contributed by atoms with Crippen LogP contribution in [-0.4, -0.2) is 21.0 Å². The van der Waals surface area contributed by atoms with Crippen LogP contribution in [0.4, 0.5) is 8.78 Å². The van der Waals surface area contributed by atoms with Gasteiger partial charge in [-0.15, -0.1) is 0 Å². The van der Waals surface area contributed by atoms with Gasteiger partial charge < -0.3 is 9.84 Å². The lowest BCUT2D eigenvalue weighted by Crippen LogP contribution is -2.25. The van der Waals surface area contributed by atoms with Crippen molar-refractivity contribution in [3.63, 3.8) is 0 Å². The van der Waals surface area contributed by atoms with Crippen molar-refractivity contribution in [2.45, 2.75) is 19.9 Å². The Balaban J connectivity index is 1.44. The number of nitrogens with one attached hydrogen (secondary N) is 1. The molecule has 0 radical (unpaired) electrons. The van der Waals surface area contributed by atoms with Gasteiger partial charge in [0.05, 0.1) is 23.4 Å². The van der Waals surface area contributed by atoms with Crippen LogP contribution in [0.25, 0.3) is 22.6 Å². The highest BCUT2D eigenvalue weighted by atomic mass is 19.1. The molecule has 156 valence electrons. The maximum absolute atomic E-state index is 13.7. The van der Waals surface area contributed by atoms with Gasteiger partial charge in [-0.25, -0.2) is 18.7 Å². The quantitative estimate of drug-likeness (QED) is 0.505. The number of aromatic nitrogens is 3. The minimum Gasteiger partial charge on any atom is -0.356 e. The van der Waals surface area contributed by atoms with Gasteiger partial charge in [0.15, 0.2) is 5.76 Å². The van der Waals surface area contributed by atoms with Gasteiger partial charge >= 0.3 is 0 Å². The van der Waals surface area contributed by atoms with E-state index in [0.29, 0.717) is 11.5 Å². The summed E-state index contributed by atoms with van der Waals surface area (Å²) < 4.78 is 32.3. The van der Waals surface area contributed by atoms with Gasteiger partial charge in [-0.1, -0.05) is 29.4 Å². The van der Waals surface area contributed by atoms with E-state index in [9.17, 15) is 13.6 Å². The number of hydrogen-bond acceptors (Lipinski definition) is 5. The van der Waals surface area contributed by atoms with Gasteiger partial charge in [0.25, 0.3) is 0 Å². The van der Waals surface area contributed by atoms with Crippen LogP contribution in [0.5, 0.6) is 0 Å². The van der Waals surface area contributed by atoms with Crippen LogP contribution in [0.2, 0.25) is 0 Å². The van der Waals surface area contributed by atoms with Gasteiger partial charge in [0.1, 0.15) is 18.0 Å². The molecule has 0 aliphatic heterocycles. The number of rotatable bonds is 6. The summed E-state index contributed by atoms with van der Waals surface area (Å²) in [5.74, 6) is -1.01. The Kier molecular flexibility index (Phi) is 5.79. The minimum absolute atomic E-state index is 0.0202. The number of halogens is 2. The van der Waals surface area contributed by atoms with E-state index in [0.717, 1.165) is 40.6 Å². The Morgan fingerprint density at radius 2 is 1.90 bits per heavy atom. The topological polar surface area (TPSA) is 80.9 Å². The Bertz CT molecular complexity index is 1220. The van der Waals surface area contributed by atoms with Crippen LogP contribution in [-0.2, 0) is 17.8 Å². The van der Waals surface area contributed by atoms with Crippen molar-refractivity contribution in [1.29, 1.82) is 0 Å². The molecule has 0 saturated carbocycles. The molecule has 0 unspecified atom stereocenters. The summed E-state index contributed by atoms with van der Waals surface area (Å²) in [5, 5.41) is 6.62. The highest BCUT2D eigenvalue weighted by molar-refractivity contribution is 5.79. The van der Waals surface area contributed by atoms with Gasteiger partial charge in [-0.05, 0) is 30.7 Å². The maximum Gasteiger partial charge on any atom is 0.224 e. The van der Waals surface area contributed by atoms with Crippen LogP contribution in [0.3, 0.4) is 0 Å². The lowest BCUT2D eigenvalue weighted by atomic mass is 10.0. The minimum atomic E-state index is -0.608. The summed E-state index contributed by atoms with van der Waals surface area (Å²) in [5.41, 5.74) is 3.90. The van der Waals surface area contributed by atoms with Gasteiger partial charge in [-0.3, -0.25) is 4.79 Å². The van der Waals surface area contributed by atoms with Crippen molar-refractivity contribution in [2.75, 3.05) is 0 Å². The molecule has 2 aromatic carbocycles. The predicted octanol–water partition coefficient (Wildman–Crippen LogP) is 4.24. The highest BCUT2D eigenvalue weighted by Gasteiger charge is 2.14. The van der Waals surface area contributed by atoms with E-state index in [-0.39, 0.29) is 18.5 Å². The van der Waals surface area contributed by atoms with Gasteiger partial charge in [-0.2, -0.15) is 0 Å². The number of nitrogens with zero attached hydrogens (tertiary/aromatic N) is 3. The zero-order chi connectivity index (χ0) is 21.8. The summed E-state index contributed by atoms with van der Waals surface area (Å²) in [6.45, 7) is 2.09. The largest absolute Gasteiger partial charge is 0.356 e. The van der Waals surface area contributed by atoms with Crippen molar-refractivity contribution in [3.8, 4) is 22.6 Å². The maximum atomic E-state index is 13.7. The average molecular weight is 420 g/mol. The zero-order valence-corrected chi connectivity index (χ0v) is 16.6. The molecule has 31 heavy (non-hydrogen) atoms. The molecule has 8 heteroatoms. The van der Waals surface area contributed by atoms with E-state index in [1.54, 1.807) is 6.20 Å². The molecule has 2 heterocycles. The van der Waals surface area contributed by atoms with Crippen LogP contribution in [0.1, 0.15) is 16.8 Å². The van der Waals surface area contributed by atoms with E-state index in [2.05, 4.69) is 20.4 Å². The number of amides is 1. The molecule has 0 fully saturated rings. The lowest BCUT2D eigenvalue weighted by Gasteiger charge is -2.09. The van der Waals surface area contributed by atoms with Crippen LogP contribution in [0, 0.1) is 18.6 Å². The highest BCUT2D eigenvalue weighted by Crippen LogP contribution is 2.30. The Morgan fingerprint density at radius 1 is 1.10 bits per heavy atom. The fraction of sp³-hybridized carbons (Fsp3) is 0.130. The Labute approximate surface area is 177 Å². The lowest BCUT2D eigenvalue weighted by molar-refractivity contribution is -0.120. The monoisotopic (exact) mass is 420 g/mol. The van der Waals surface area contributed by atoms with Crippen molar-refractivity contribution in [2.24, 2.45) is 0 Å². The summed E-state index contributed by atoms with van der Waals surface area (Å²) in [4.78, 5) is 20.5. The van der Waals surface area contributed by atoms with E-state index in [4.69, 9.17) is 4.52 Å². The molecular weight excluding hydrogens is 402 g/mol. The molecule has 0 atom stereocenters. The summed E-state index contributed by atoms with van der Waals surface area (Å²) in [6, 6.07) is 12.3. The second-order valence-corrected chi connectivity index (χ2v) is 7.00. The van der Waals surface area contributed by atoms with Crippen LogP contribution in [0.15, 0.2) is 65.6 Å². The molecule has 0 spiro atoms. The Hall–Kier alpha value is -3.94. The molecule has 4 rings (SSSR count). The first kappa shape index (κ1) is 20.3. The molecule has 6 nitrogen and oxygen atoms in total. The number of carbonyl (C=O) groups is 1. The van der Waals surface area contributed by atoms with E-state index in [1.165, 1.54) is 6.33 Å². The molecule has 0 aliphatic rings. The summed E-state index contributed by atoms with van der Waals surface area (Å²) >= 11 is 0. The van der Waals surface area contributed by atoms with Crippen molar-refractivity contribution < 1.29 is 18.1 Å². The van der Waals surface area contributed by atoms with E-state index < -0.39 is 17.5 Å². The second kappa shape index (κ2) is 8.83. The van der Waals surface area contributed by atoms with Gasteiger partial charge in [0.2, 0.25) is 5.91 Å². The number of aryl methyl sites for hydroxylation is 1. The standard InChI is InChI=1S/C23H18F2N4O2/c1-14-8-21(31-29-14)19-12-26-13-28-23(19)16-4-2-15(3-5-16)11-27-22(30)10-17-9-18(24)6-7-20(17)25/h2-9,12-13H,10-11H2,1H3,(H,27,30). The summed E-state index contributed by atoms with van der Waals surface area (Å²) in [6.07, 6.45) is 2.90. The fourth-order valence-corrected chi connectivity index (χ4v) is 3.13. The van der Waals surface area contributed by atoms with E-state index >= 15 is 0 Å². The fourth-order valence-electron chi connectivity index (χ4n) is 3.13. The number of carbonyl (C=O) groups excluding carboxylic acids is 1. The SMILES string of the molecule is Cc1cc(-c2cncnc2-c2ccc(CNC(=O)Cc3cc(F)ccc3F)cc2)on1. The van der Waals surface area contributed by atoms with Crippen LogP contribution < -0.4 is 5.32 Å². The molecule has 0 aliphatic carbocycles. The smallest absolute Gasteiger partial charge is 0.224 e. The molecule has 1 N–H and O–H groups in total. The zero-order valence-electron chi connectivity index (χ0n) is 16.6. The third kappa shape index (κ3) is 4.80. The van der Waals surface area contributed by atoms with Crippen molar-refractivity contribution in [3.05, 3.63) is 89.5 Å². The molecule has 1 amide bonds. The predicted molar refractivity (Wildman–Crippen MR) is 110 cm³/mol. The molecule has 4 aromatic rings. The normalized spacial score (nSPS) is 10.8.